The Kier molecular flexibility index (Phi) is 10.3. The lowest BCUT2D eigenvalue weighted by Crippen LogP contribution is -2.43. The van der Waals surface area contributed by atoms with Gasteiger partial charge in [-0.3, -0.25) is 9.89 Å². The highest BCUT2D eigenvalue weighted by Gasteiger charge is 2.19. The zero-order valence-electron chi connectivity index (χ0n) is 17.9. The van der Waals surface area contributed by atoms with Crippen LogP contribution in [0.4, 0.5) is 0 Å². The lowest BCUT2D eigenvalue weighted by Gasteiger charge is -2.32. The van der Waals surface area contributed by atoms with E-state index in [4.69, 9.17) is 9.47 Å². The van der Waals surface area contributed by atoms with Gasteiger partial charge in [0.1, 0.15) is 0 Å². The van der Waals surface area contributed by atoms with Crippen LogP contribution >= 0.6 is 11.3 Å². The van der Waals surface area contributed by atoms with E-state index in [1.165, 1.54) is 30.8 Å². The van der Waals surface area contributed by atoms with Crippen molar-refractivity contribution in [3.05, 3.63) is 22.4 Å². The average Bonchev–Trinajstić information content (AvgIpc) is 3.27. The van der Waals surface area contributed by atoms with Gasteiger partial charge in [0.15, 0.2) is 5.96 Å². The van der Waals surface area contributed by atoms with Crippen molar-refractivity contribution in [3.8, 4) is 0 Å². The molecule has 3 heterocycles. The molecule has 29 heavy (non-hydrogen) atoms. The minimum absolute atomic E-state index is 0.683. The molecular weight excluding hydrogens is 384 g/mol. The first-order chi connectivity index (χ1) is 14.3. The van der Waals surface area contributed by atoms with Crippen LogP contribution < -0.4 is 10.6 Å². The highest BCUT2D eigenvalue weighted by Crippen LogP contribution is 2.20. The molecule has 0 spiro atoms. The summed E-state index contributed by atoms with van der Waals surface area (Å²) >= 11 is 1.86. The number of hydrogen-bond acceptors (Lipinski definition) is 5. The normalized spacial score (nSPS) is 20.1. The van der Waals surface area contributed by atoms with Gasteiger partial charge in [0, 0.05) is 58.0 Å². The third-order valence-corrected chi connectivity index (χ3v) is 6.76. The summed E-state index contributed by atoms with van der Waals surface area (Å²) in [6.45, 7) is 8.88. The van der Waals surface area contributed by atoms with Gasteiger partial charge < -0.3 is 20.1 Å². The van der Waals surface area contributed by atoms with Crippen LogP contribution in [0.3, 0.4) is 0 Å². The zero-order chi connectivity index (χ0) is 20.2. The Balaban J connectivity index is 1.20. The number of rotatable bonds is 10. The number of aliphatic imine (C=N–C) groups is 1. The molecule has 2 fully saturated rings. The van der Waals surface area contributed by atoms with Crippen LogP contribution in [-0.4, -0.2) is 70.5 Å². The fourth-order valence-corrected chi connectivity index (χ4v) is 4.72. The average molecular weight is 423 g/mol. The summed E-state index contributed by atoms with van der Waals surface area (Å²) in [5.41, 5.74) is 0. The van der Waals surface area contributed by atoms with Crippen LogP contribution in [-0.2, 0) is 16.0 Å². The monoisotopic (exact) mass is 422 g/mol. The Bertz CT molecular complexity index is 567. The smallest absolute Gasteiger partial charge is 0.190 e. The molecule has 2 N–H and O–H groups in total. The molecule has 1 aromatic rings. The van der Waals surface area contributed by atoms with E-state index >= 15 is 0 Å². The predicted octanol–water partition coefficient (Wildman–Crippen LogP) is 2.96. The third kappa shape index (κ3) is 8.62. The SMILES string of the molecule is CN=C(NCCCOCC1CCOCC1)NCC1CCN(Cc2cccs2)CC1. The van der Waals surface area contributed by atoms with Crippen molar-refractivity contribution in [3.63, 3.8) is 0 Å². The van der Waals surface area contributed by atoms with Gasteiger partial charge in [0.25, 0.3) is 0 Å². The first-order valence-electron chi connectivity index (χ1n) is 11.2. The largest absolute Gasteiger partial charge is 0.381 e. The van der Waals surface area contributed by atoms with Crippen LogP contribution in [0.15, 0.2) is 22.5 Å². The topological polar surface area (TPSA) is 58.1 Å². The van der Waals surface area contributed by atoms with E-state index in [1.54, 1.807) is 0 Å². The minimum Gasteiger partial charge on any atom is -0.381 e. The number of nitrogens with zero attached hydrogens (tertiary/aromatic N) is 2. The molecule has 0 aliphatic carbocycles. The number of piperidine rings is 1. The molecule has 0 amide bonds. The maximum atomic E-state index is 5.83. The van der Waals surface area contributed by atoms with E-state index in [0.717, 1.165) is 77.2 Å². The van der Waals surface area contributed by atoms with E-state index in [9.17, 15) is 0 Å². The van der Waals surface area contributed by atoms with E-state index < -0.39 is 0 Å². The summed E-state index contributed by atoms with van der Waals surface area (Å²) in [4.78, 5) is 8.41. The third-order valence-electron chi connectivity index (χ3n) is 5.90. The van der Waals surface area contributed by atoms with Crippen molar-refractivity contribution in [2.75, 3.05) is 59.7 Å². The van der Waals surface area contributed by atoms with E-state index in [-0.39, 0.29) is 0 Å². The molecule has 0 bridgehead atoms. The van der Waals surface area contributed by atoms with Crippen LogP contribution in [0.25, 0.3) is 0 Å². The highest BCUT2D eigenvalue weighted by atomic mass is 32.1. The molecule has 164 valence electrons. The maximum Gasteiger partial charge on any atom is 0.190 e. The molecule has 2 aliphatic rings. The van der Waals surface area contributed by atoms with Crippen molar-refractivity contribution in [1.82, 2.24) is 15.5 Å². The summed E-state index contributed by atoms with van der Waals surface area (Å²) in [7, 11) is 1.85. The van der Waals surface area contributed by atoms with Crippen molar-refractivity contribution >= 4 is 17.3 Å². The molecule has 7 heteroatoms. The lowest BCUT2D eigenvalue weighted by atomic mass is 9.97. The van der Waals surface area contributed by atoms with Gasteiger partial charge in [-0.15, -0.1) is 11.3 Å². The second-order valence-electron chi connectivity index (χ2n) is 8.16. The fourth-order valence-electron chi connectivity index (χ4n) is 3.98. The zero-order valence-corrected chi connectivity index (χ0v) is 18.7. The number of guanidine groups is 1. The quantitative estimate of drug-likeness (QED) is 0.345. The molecular formula is C22H38N4O2S. The lowest BCUT2D eigenvalue weighted by molar-refractivity contribution is 0.0203. The summed E-state index contributed by atoms with van der Waals surface area (Å²) in [6, 6.07) is 4.39. The van der Waals surface area contributed by atoms with E-state index in [2.05, 4.69) is 38.0 Å². The number of ether oxygens (including phenoxy) is 2. The molecule has 0 radical (unpaired) electrons. The van der Waals surface area contributed by atoms with Gasteiger partial charge in [-0.2, -0.15) is 0 Å². The Morgan fingerprint density at radius 3 is 2.76 bits per heavy atom. The maximum absolute atomic E-state index is 5.83. The van der Waals surface area contributed by atoms with Crippen molar-refractivity contribution < 1.29 is 9.47 Å². The Labute approximate surface area is 180 Å². The number of thiophene rings is 1. The van der Waals surface area contributed by atoms with Crippen LogP contribution in [0.1, 0.15) is 37.0 Å². The Hall–Kier alpha value is -1.15. The van der Waals surface area contributed by atoms with Crippen LogP contribution in [0.5, 0.6) is 0 Å². The molecule has 0 unspecified atom stereocenters. The Morgan fingerprint density at radius 2 is 2.03 bits per heavy atom. The second kappa shape index (κ2) is 13.2. The number of nitrogens with one attached hydrogen (secondary N) is 2. The fraction of sp³-hybridized carbons (Fsp3) is 0.773. The van der Waals surface area contributed by atoms with Gasteiger partial charge in [0.05, 0.1) is 0 Å². The summed E-state index contributed by atoms with van der Waals surface area (Å²) in [6.07, 6.45) is 5.80. The van der Waals surface area contributed by atoms with Gasteiger partial charge in [-0.25, -0.2) is 0 Å². The molecule has 2 aliphatic heterocycles. The Morgan fingerprint density at radius 1 is 1.21 bits per heavy atom. The first-order valence-corrected chi connectivity index (χ1v) is 12.1. The minimum atomic E-state index is 0.683. The molecule has 2 saturated heterocycles. The number of likely N-dealkylation sites (tertiary alicyclic amines) is 1. The molecule has 0 atom stereocenters. The summed E-state index contributed by atoms with van der Waals surface area (Å²) in [5, 5.41) is 9.10. The summed E-state index contributed by atoms with van der Waals surface area (Å²) in [5.74, 6) is 2.33. The van der Waals surface area contributed by atoms with Crippen molar-refractivity contribution in [1.29, 1.82) is 0 Å². The molecule has 3 rings (SSSR count). The highest BCUT2D eigenvalue weighted by molar-refractivity contribution is 7.09. The van der Waals surface area contributed by atoms with Crippen molar-refractivity contribution in [2.45, 2.75) is 38.6 Å². The molecule has 0 saturated carbocycles. The van der Waals surface area contributed by atoms with E-state index in [1.807, 2.05) is 18.4 Å². The predicted molar refractivity (Wildman–Crippen MR) is 121 cm³/mol. The second-order valence-corrected chi connectivity index (χ2v) is 9.20. The van der Waals surface area contributed by atoms with Gasteiger partial charge >= 0.3 is 0 Å². The molecule has 0 aromatic carbocycles. The first kappa shape index (κ1) is 22.5. The van der Waals surface area contributed by atoms with E-state index in [0.29, 0.717) is 5.92 Å². The number of hydrogen-bond donors (Lipinski definition) is 2. The molecule has 1 aromatic heterocycles. The summed E-state index contributed by atoms with van der Waals surface area (Å²) < 4.78 is 11.2. The van der Waals surface area contributed by atoms with Crippen LogP contribution in [0, 0.1) is 11.8 Å². The van der Waals surface area contributed by atoms with Gasteiger partial charge in [-0.1, -0.05) is 6.07 Å². The van der Waals surface area contributed by atoms with Crippen molar-refractivity contribution in [2.24, 2.45) is 16.8 Å². The standard InChI is InChI=1S/C22H38N4O2S/c1-23-22(24-9-3-12-28-18-20-7-13-27-14-8-20)25-16-19-5-10-26(11-6-19)17-21-4-2-15-29-21/h2,4,15,19-20H,3,5-14,16-18H2,1H3,(H2,23,24,25). The van der Waals surface area contributed by atoms with Gasteiger partial charge in [-0.05, 0) is 68.5 Å². The molecule has 6 nitrogen and oxygen atoms in total. The van der Waals surface area contributed by atoms with Gasteiger partial charge in [0.2, 0.25) is 0 Å². The van der Waals surface area contributed by atoms with Crippen LogP contribution in [0.2, 0.25) is 0 Å².